The van der Waals surface area contributed by atoms with Gasteiger partial charge in [0.25, 0.3) is 0 Å². The predicted octanol–water partition coefficient (Wildman–Crippen LogP) is 0.914. The van der Waals surface area contributed by atoms with Crippen LogP contribution in [0, 0.1) is 5.92 Å². The quantitative estimate of drug-likeness (QED) is 0.710. The number of rotatable bonds is 3. The van der Waals surface area contributed by atoms with Gasteiger partial charge in [0.15, 0.2) is 0 Å². The number of aliphatic hydroxyl groups excluding tert-OH is 1. The number of nitrogens with one attached hydrogen (secondary N) is 1. The van der Waals surface area contributed by atoms with Crippen LogP contribution in [0.2, 0.25) is 0 Å². The smallest absolute Gasteiger partial charge is 0.0700 e. The third-order valence-electron chi connectivity index (χ3n) is 3.56. The normalized spacial score (nSPS) is 43.3. The zero-order valence-corrected chi connectivity index (χ0v) is 8.91. The molecule has 0 aromatic carbocycles. The van der Waals surface area contributed by atoms with Crippen molar-refractivity contribution in [2.45, 2.75) is 50.9 Å². The summed E-state index contributed by atoms with van der Waals surface area (Å²) < 4.78 is 5.49. The van der Waals surface area contributed by atoms with E-state index in [1.807, 2.05) is 0 Å². The molecule has 1 aliphatic heterocycles. The molecule has 0 bridgehead atoms. The second-order valence-corrected chi connectivity index (χ2v) is 4.71. The average Bonchev–Trinajstić information content (AvgIpc) is 2.72. The average molecular weight is 199 g/mol. The molecule has 0 amide bonds. The Bertz CT molecular complexity index is 186. The van der Waals surface area contributed by atoms with Crippen molar-refractivity contribution in [1.82, 2.24) is 5.32 Å². The summed E-state index contributed by atoms with van der Waals surface area (Å²) in [6.07, 6.45) is 4.60. The minimum absolute atomic E-state index is 0.0425. The van der Waals surface area contributed by atoms with Crippen LogP contribution < -0.4 is 5.32 Å². The van der Waals surface area contributed by atoms with Gasteiger partial charge in [-0.15, -0.1) is 0 Å². The molecule has 3 nitrogen and oxygen atoms in total. The highest BCUT2D eigenvalue weighted by atomic mass is 16.5. The summed E-state index contributed by atoms with van der Waals surface area (Å²) in [4.78, 5) is 0. The molecule has 1 aliphatic carbocycles. The van der Waals surface area contributed by atoms with E-state index < -0.39 is 0 Å². The molecule has 3 heteroatoms. The maximum atomic E-state index is 9.39. The van der Waals surface area contributed by atoms with Crippen molar-refractivity contribution < 1.29 is 9.84 Å². The fourth-order valence-corrected chi connectivity index (χ4v) is 2.55. The van der Waals surface area contributed by atoms with E-state index in [4.69, 9.17) is 4.74 Å². The van der Waals surface area contributed by atoms with Crippen molar-refractivity contribution >= 4 is 0 Å². The van der Waals surface area contributed by atoms with E-state index in [0.29, 0.717) is 18.1 Å². The van der Waals surface area contributed by atoms with Gasteiger partial charge in [-0.05, 0) is 45.1 Å². The van der Waals surface area contributed by atoms with Crippen molar-refractivity contribution in [1.29, 1.82) is 0 Å². The molecule has 0 aromatic heterocycles. The second-order valence-electron chi connectivity index (χ2n) is 4.71. The molecule has 0 radical (unpaired) electrons. The van der Waals surface area contributed by atoms with Crippen LogP contribution in [0.15, 0.2) is 0 Å². The number of hydrogen-bond donors (Lipinski definition) is 2. The van der Waals surface area contributed by atoms with Crippen LogP contribution in [0.4, 0.5) is 0 Å². The molecule has 4 unspecified atom stereocenters. The van der Waals surface area contributed by atoms with Gasteiger partial charge < -0.3 is 15.2 Å². The first-order chi connectivity index (χ1) is 6.75. The second kappa shape index (κ2) is 4.60. The van der Waals surface area contributed by atoms with E-state index >= 15 is 0 Å². The molecular weight excluding hydrogens is 178 g/mol. The monoisotopic (exact) mass is 199 g/mol. The highest BCUT2D eigenvalue weighted by Crippen LogP contribution is 2.25. The third-order valence-corrected chi connectivity index (χ3v) is 3.56. The summed E-state index contributed by atoms with van der Waals surface area (Å²) in [5, 5.41) is 12.9. The zero-order chi connectivity index (χ0) is 9.97. The van der Waals surface area contributed by atoms with E-state index in [1.54, 1.807) is 0 Å². The molecular formula is C11H21NO2. The molecule has 2 fully saturated rings. The van der Waals surface area contributed by atoms with Gasteiger partial charge >= 0.3 is 0 Å². The summed E-state index contributed by atoms with van der Waals surface area (Å²) in [6.45, 7) is 4.08. The van der Waals surface area contributed by atoms with Crippen LogP contribution in [-0.2, 0) is 4.74 Å². The lowest BCUT2D eigenvalue weighted by molar-refractivity contribution is 0.112. The summed E-state index contributed by atoms with van der Waals surface area (Å²) >= 11 is 0. The fourth-order valence-electron chi connectivity index (χ4n) is 2.55. The molecule has 1 saturated heterocycles. The van der Waals surface area contributed by atoms with Gasteiger partial charge in [0, 0.05) is 12.6 Å². The Morgan fingerprint density at radius 2 is 2.21 bits per heavy atom. The van der Waals surface area contributed by atoms with E-state index in [2.05, 4.69) is 12.2 Å². The van der Waals surface area contributed by atoms with E-state index in [-0.39, 0.29) is 6.10 Å². The van der Waals surface area contributed by atoms with Crippen molar-refractivity contribution in [2.75, 3.05) is 13.2 Å². The van der Waals surface area contributed by atoms with Gasteiger partial charge in [-0.25, -0.2) is 0 Å². The lowest BCUT2D eigenvalue weighted by atomic mass is 10.1. The van der Waals surface area contributed by atoms with Crippen LogP contribution in [0.25, 0.3) is 0 Å². The molecule has 0 spiro atoms. The molecule has 82 valence electrons. The van der Waals surface area contributed by atoms with Crippen LogP contribution in [0.5, 0.6) is 0 Å². The van der Waals surface area contributed by atoms with Gasteiger partial charge in [-0.1, -0.05) is 0 Å². The van der Waals surface area contributed by atoms with E-state index in [1.165, 1.54) is 6.42 Å². The standard InChI is InChI=1S/C11H21NO2/c1-8-11(4-5-14-8)12-7-9-2-3-10(13)6-9/h8-13H,2-7H2,1H3. The highest BCUT2D eigenvalue weighted by molar-refractivity contribution is 4.82. The van der Waals surface area contributed by atoms with Gasteiger partial charge in [0.1, 0.15) is 0 Å². The topological polar surface area (TPSA) is 41.5 Å². The summed E-state index contributed by atoms with van der Waals surface area (Å²) in [5.41, 5.74) is 0. The Morgan fingerprint density at radius 3 is 2.79 bits per heavy atom. The summed E-state index contributed by atoms with van der Waals surface area (Å²) in [5.74, 6) is 0.679. The van der Waals surface area contributed by atoms with Crippen LogP contribution in [0.1, 0.15) is 32.6 Å². The largest absolute Gasteiger partial charge is 0.393 e. The first-order valence-corrected chi connectivity index (χ1v) is 5.78. The molecule has 4 atom stereocenters. The molecule has 2 N–H and O–H groups in total. The van der Waals surface area contributed by atoms with Gasteiger partial charge in [-0.2, -0.15) is 0 Å². The predicted molar refractivity (Wildman–Crippen MR) is 55.2 cm³/mol. The number of aliphatic hydroxyl groups is 1. The minimum atomic E-state index is -0.0425. The zero-order valence-electron chi connectivity index (χ0n) is 8.91. The Hall–Kier alpha value is -0.120. The fraction of sp³-hybridized carbons (Fsp3) is 1.00. The lowest BCUT2D eigenvalue weighted by Crippen LogP contribution is -2.37. The van der Waals surface area contributed by atoms with Crippen LogP contribution >= 0.6 is 0 Å². The minimum Gasteiger partial charge on any atom is -0.393 e. The Kier molecular flexibility index (Phi) is 3.42. The first-order valence-electron chi connectivity index (χ1n) is 5.78. The van der Waals surface area contributed by atoms with Crippen LogP contribution in [0.3, 0.4) is 0 Å². The van der Waals surface area contributed by atoms with Crippen molar-refractivity contribution in [3.63, 3.8) is 0 Å². The van der Waals surface area contributed by atoms with Crippen molar-refractivity contribution in [3.05, 3.63) is 0 Å². The number of hydrogen-bond acceptors (Lipinski definition) is 3. The Balaban J connectivity index is 1.67. The highest BCUT2D eigenvalue weighted by Gasteiger charge is 2.27. The van der Waals surface area contributed by atoms with Gasteiger partial charge in [0.2, 0.25) is 0 Å². The maximum absolute atomic E-state index is 9.39. The maximum Gasteiger partial charge on any atom is 0.0700 e. The van der Waals surface area contributed by atoms with E-state index in [0.717, 1.165) is 32.4 Å². The Morgan fingerprint density at radius 1 is 1.36 bits per heavy atom. The molecule has 1 heterocycles. The number of ether oxygens (including phenoxy) is 1. The van der Waals surface area contributed by atoms with Crippen LogP contribution in [-0.4, -0.2) is 36.5 Å². The van der Waals surface area contributed by atoms with Crippen molar-refractivity contribution in [2.24, 2.45) is 5.92 Å². The van der Waals surface area contributed by atoms with Crippen molar-refractivity contribution in [3.8, 4) is 0 Å². The Labute approximate surface area is 85.8 Å². The molecule has 1 saturated carbocycles. The SMILES string of the molecule is CC1OCCC1NCC1CCC(O)C1. The summed E-state index contributed by atoms with van der Waals surface area (Å²) in [7, 11) is 0. The third kappa shape index (κ3) is 2.47. The van der Waals surface area contributed by atoms with Gasteiger partial charge in [-0.3, -0.25) is 0 Å². The van der Waals surface area contributed by atoms with Gasteiger partial charge in [0.05, 0.1) is 12.2 Å². The van der Waals surface area contributed by atoms with E-state index in [9.17, 15) is 5.11 Å². The molecule has 14 heavy (non-hydrogen) atoms. The molecule has 0 aromatic rings. The molecule has 2 aliphatic rings. The lowest BCUT2D eigenvalue weighted by Gasteiger charge is -2.18. The first kappa shape index (κ1) is 10.4. The summed E-state index contributed by atoms with van der Waals surface area (Å²) in [6, 6.07) is 0.535. The molecule has 2 rings (SSSR count).